The van der Waals surface area contributed by atoms with Crippen molar-refractivity contribution in [1.82, 2.24) is 0 Å². The summed E-state index contributed by atoms with van der Waals surface area (Å²) < 4.78 is 5.91. The Morgan fingerprint density at radius 1 is 1.39 bits per heavy atom. The lowest BCUT2D eigenvalue weighted by atomic mass is 9.99. The van der Waals surface area contributed by atoms with Gasteiger partial charge in [-0.05, 0) is 49.6 Å². The van der Waals surface area contributed by atoms with Crippen molar-refractivity contribution >= 4 is 12.2 Å². The Kier molecular flexibility index (Phi) is 2.98. The Hall–Kier alpha value is -2.04. The number of rotatable bonds is 2. The highest BCUT2D eigenvalue weighted by Crippen LogP contribution is 2.37. The summed E-state index contributed by atoms with van der Waals surface area (Å²) in [6.07, 6.45) is 2.53. The van der Waals surface area contributed by atoms with Crippen LogP contribution in [0, 0.1) is 6.92 Å². The number of nitrogens with zero attached hydrogens (tertiary/aromatic N) is 2. The van der Waals surface area contributed by atoms with Gasteiger partial charge in [0.05, 0.1) is 6.21 Å². The second-order valence-electron chi connectivity index (χ2n) is 5.13. The van der Waals surface area contributed by atoms with Gasteiger partial charge in [0.2, 0.25) is 5.96 Å². The minimum atomic E-state index is -0.136. The second-order valence-corrected chi connectivity index (χ2v) is 5.13. The zero-order valence-corrected chi connectivity index (χ0v) is 10.9. The molecule has 0 atom stereocenters. The number of nitrogens with two attached hydrogens (primary N) is 2. The molecule has 96 valence electrons. The Morgan fingerprint density at radius 2 is 2.11 bits per heavy atom. The van der Waals surface area contributed by atoms with E-state index in [0.29, 0.717) is 0 Å². The van der Waals surface area contributed by atoms with Gasteiger partial charge in [-0.2, -0.15) is 5.10 Å². The van der Waals surface area contributed by atoms with Crippen molar-refractivity contribution in [3.63, 3.8) is 0 Å². The largest absolute Gasteiger partial charge is 0.487 e. The molecule has 1 aliphatic rings. The molecule has 1 aromatic carbocycles. The molecule has 0 aliphatic carbocycles. The molecule has 1 aliphatic heterocycles. The third-order valence-corrected chi connectivity index (χ3v) is 2.75. The smallest absolute Gasteiger partial charge is 0.211 e. The number of fused-ring (bicyclic) bond motifs is 1. The summed E-state index contributed by atoms with van der Waals surface area (Å²) in [6, 6.07) is 4.06. The number of guanidine groups is 1. The zero-order chi connectivity index (χ0) is 13.3. The summed E-state index contributed by atoms with van der Waals surface area (Å²) in [5, 5.41) is 7.40. The molecule has 0 spiro atoms. The van der Waals surface area contributed by atoms with E-state index < -0.39 is 0 Å². The summed E-state index contributed by atoms with van der Waals surface area (Å²) in [7, 11) is 0. The third kappa shape index (κ3) is 2.61. The highest BCUT2D eigenvalue weighted by atomic mass is 16.5. The standard InChI is InChI=1S/C13H18N4O/c1-8-4-9(7-16-17-12(14)15)5-10-6-13(2,3)18-11(8)10/h4-5,7H,6H2,1-3H3,(H4,14,15,17). The van der Waals surface area contributed by atoms with E-state index in [1.165, 1.54) is 5.56 Å². The number of hydrogen-bond acceptors (Lipinski definition) is 3. The zero-order valence-electron chi connectivity index (χ0n) is 10.9. The van der Waals surface area contributed by atoms with Crippen LogP contribution in [0.2, 0.25) is 0 Å². The van der Waals surface area contributed by atoms with Crippen LogP contribution in [0.25, 0.3) is 0 Å². The maximum Gasteiger partial charge on any atom is 0.211 e. The van der Waals surface area contributed by atoms with E-state index >= 15 is 0 Å². The Balaban J connectivity index is 2.30. The molecule has 0 bridgehead atoms. The van der Waals surface area contributed by atoms with Crippen LogP contribution in [0.5, 0.6) is 5.75 Å². The number of aryl methyl sites for hydroxylation is 1. The Bertz CT molecular complexity index is 528. The molecule has 0 saturated heterocycles. The lowest BCUT2D eigenvalue weighted by Crippen LogP contribution is -2.24. The van der Waals surface area contributed by atoms with Gasteiger partial charge in [0, 0.05) is 6.42 Å². The van der Waals surface area contributed by atoms with Gasteiger partial charge >= 0.3 is 0 Å². The number of hydrogen-bond donors (Lipinski definition) is 2. The highest BCUT2D eigenvalue weighted by molar-refractivity contribution is 5.82. The minimum absolute atomic E-state index is 0.0476. The molecule has 0 fully saturated rings. The van der Waals surface area contributed by atoms with E-state index in [9.17, 15) is 0 Å². The van der Waals surface area contributed by atoms with Crippen molar-refractivity contribution in [2.45, 2.75) is 32.8 Å². The molecule has 0 aromatic heterocycles. The number of ether oxygens (including phenoxy) is 1. The van der Waals surface area contributed by atoms with Crippen LogP contribution in [-0.2, 0) is 6.42 Å². The van der Waals surface area contributed by atoms with Crippen molar-refractivity contribution in [2.24, 2.45) is 21.7 Å². The fourth-order valence-electron chi connectivity index (χ4n) is 2.16. The van der Waals surface area contributed by atoms with E-state index in [-0.39, 0.29) is 11.6 Å². The van der Waals surface area contributed by atoms with Crippen LogP contribution in [0.3, 0.4) is 0 Å². The molecule has 1 heterocycles. The first-order valence-corrected chi connectivity index (χ1v) is 5.82. The first-order chi connectivity index (χ1) is 8.37. The van der Waals surface area contributed by atoms with Crippen LogP contribution in [-0.4, -0.2) is 17.8 Å². The molecular weight excluding hydrogens is 228 g/mol. The maximum atomic E-state index is 5.91. The van der Waals surface area contributed by atoms with Crippen molar-refractivity contribution in [3.8, 4) is 5.75 Å². The fraction of sp³-hybridized carbons (Fsp3) is 0.385. The molecule has 0 amide bonds. The first kappa shape index (κ1) is 12.4. The van der Waals surface area contributed by atoms with Gasteiger partial charge in [-0.1, -0.05) is 0 Å². The maximum absolute atomic E-state index is 5.91. The SMILES string of the molecule is Cc1cc(C=NN=C(N)N)cc2c1OC(C)(C)C2. The van der Waals surface area contributed by atoms with Gasteiger partial charge in [-0.25, -0.2) is 0 Å². The van der Waals surface area contributed by atoms with Crippen LogP contribution in [0.1, 0.15) is 30.5 Å². The predicted molar refractivity (Wildman–Crippen MR) is 73.0 cm³/mol. The lowest BCUT2D eigenvalue weighted by molar-refractivity contribution is 0.137. The topological polar surface area (TPSA) is 86.0 Å². The van der Waals surface area contributed by atoms with Crippen LogP contribution in [0.4, 0.5) is 0 Å². The Labute approximate surface area is 107 Å². The van der Waals surface area contributed by atoms with Gasteiger partial charge in [0.1, 0.15) is 11.4 Å². The monoisotopic (exact) mass is 246 g/mol. The lowest BCUT2D eigenvalue weighted by Gasteiger charge is -2.17. The summed E-state index contributed by atoms with van der Waals surface area (Å²) in [6.45, 7) is 6.19. The Morgan fingerprint density at radius 3 is 2.78 bits per heavy atom. The number of benzene rings is 1. The van der Waals surface area contributed by atoms with E-state index in [4.69, 9.17) is 16.2 Å². The third-order valence-electron chi connectivity index (χ3n) is 2.75. The molecule has 0 saturated carbocycles. The average Bonchev–Trinajstić information content (AvgIpc) is 2.52. The summed E-state index contributed by atoms with van der Waals surface area (Å²) >= 11 is 0. The van der Waals surface area contributed by atoms with Crippen molar-refractivity contribution in [1.29, 1.82) is 0 Å². The summed E-state index contributed by atoms with van der Waals surface area (Å²) in [5.41, 5.74) is 13.5. The van der Waals surface area contributed by atoms with Crippen LogP contribution in [0.15, 0.2) is 22.3 Å². The molecule has 1 aromatic rings. The molecule has 18 heavy (non-hydrogen) atoms. The molecular formula is C13H18N4O. The van der Waals surface area contributed by atoms with Crippen LogP contribution >= 0.6 is 0 Å². The van der Waals surface area contributed by atoms with Gasteiger partial charge < -0.3 is 16.2 Å². The second kappa shape index (κ2) is 4.33. The van der Waals surface area contributed by atoms with Crippen molar-refractivity contribution in [2.75, 3.05) is 0 Å². The summed E-state index contributed by atoms with van der Waals surface area (Å²) in [5.74, 6) is 0.938. The molecule has 5 nitrogen and oxygen atoms in total. The van der Waals surface area contributed by atoms with E-state index in [0.717, 1.165) is 23.3 Å². The fourth-order valence-corrected chi connectivity index (χ4v) is 2.16. The highest BCUT2D eigenvalue weighted by Gasteiger charge is 2.31. The van der Waals surface area contributed by atoms with Gasteiger partial charge in [-0.15, -0.1) is 5.10 Å². The van der Waals surface area contributed by atoms with Gasteiger partial charge in [0.25, 0.3) is 0 Å². The van der Waals surface area contributed by atoms with Crippen molar-refractivity contribution in [3.05, 3.63) is 28.8 Å². The quantitative estimate of drug-likeness (QED) is 0.468. The van der Waals surface area contributed by atoms with Crippen molar-refractivity contribution < 1.29 is 4.74 Å². The summed E-state index contributed by atoms with van der Waals surface area (Å²) in [4.78, 5) is 0. The van der Waals surface area contributed by atoms with Gasteiger partial charge in [0.15, 0.2) is 0 Å². The van der Waals surface area contributed by atoms with E-state index in [2.05, 4.69) is 30.1 Å². The molecule has 0 unspecified atom stereocenters. The molecule has 2 rings (SSSR count). The normalized spacial score (nSPS) is 16.4. The van der Waals surface area contributed by atoms with E-state index in [1.807, 2.05) is 13.0 Å². The molecule has 4 N–H and O–H groups in total. The molecule has 5 heteroatoms. The van der Waals surface area contributed by atoms with E-state index in [1.54, 1.807) is 6.21 Å². The van der Waals surface area contributed by atoms with Crippen LogP contribution < -0.4 is 16.2 Å². The minimum Gasteiger partial charge on any atom is -0.487 e. The van der Waals surface area contributed by atoms with Gasteiger partial charge in [-0.3, -0.25) is 0 Å². The predicted octanol–water partition coefficient (Wildman–Crippen LogP) is 1.32. The first-order valence-electron chi connectivity index (χ1n) is 5.82. The molecule has 0 radical (unpaired) electrons. The average molecular weight is 246 g/mol.